The van der Waals surface area contributed by atoms with E-state index in [9.17, 15) is 21.6 Å². The Morgan fingerprint density at radius 1 is 0.944 bits per heavy atom. The molecule has 4 rings (SSSR count). The first-order valence-electron chi connectivity index (χ1n) is 11.5. The van der Waals surface area contributed by atoms with Gasteiger partial charge in [0, 0.05) is 24.0 Å². The van der Waals surface area contributed by atoms with Gasteiger partial charge in [-0.25, -0.2) is 22.3 Å². The molecule has 3 heterocycles. The van der Waals surface area contributed by atoms with Crippen LogP contribution in [-0.4, -0.2) is 49.8 Å². The van der Waals surface area contributed by atoms with Crippen molar-refractivity contribution in [1.29, 1.82) is 0 Å². The molecular weight excluding hydrogens is 500 g/mol. The second-order valence-electron chi connectivity index (χ2n) is 8.25. The molecule has 0 saturated carbocycles. The minimum Gasteiger partial charge on any atom is -0.309 e. The molecule has 0 aliphatic carbocycles. The van der Waals surface area contributed by atoms with Gasteiger partial charge in [-0.3, -0.25) is 9.78 Å². The van der Waals surface area contributed by atoms with Gasteiger partial charge in [0.2, 0.25) is 0 Å². The molecule has 1 aromatic carbocycles. The van der Waals surface area contributed by atoms with Gasteiger partial charge in [-0.1, -0.05) is 38.1 Å². The van der Waals surface area contributed by atoms with Gasteiger partial charge in [0.25, 0.3) is 5.91 Å². The molecule has 0 aliphatic heterocycles. The van der Waals surface area contributed by atoms with Crippen LogP contribution >= 0.6 is 0 Å². The van der Waals surface area contributed by atoms with Crippen molar-refractivity contribution in [3.63, 3.8) is 0 Å². The Hall–Kier alpha value is -3.57. The summed E-state index contributed by atoms with van der Waals surface area (Å²) in [6, 6.07) is 12.1. The van der Waals surface area contributed by atoms with Crippen molar-refractivity contribution in [1.82, 2.24) is 14.8 Å². The lowest BCUT2D eigenvalue weighted by atomic mass is 10.1. The molecule has 36 heavy (non-hydrogen) atoms. The Kier molecular flexibility index (Phi) is 7.23. The second-order valence-corrected chi connectivity index (χ2v) is 12.3. The minimum atomic E-state index is -4.15. The number of amides is 1. The van der Waals surface area contributed by atoms with Gasteiger partial charge in [-0.15, -0.1) is 0 Å². The summed E-state index contributed by atoms with van der Waals surface area (Å²) in [5, 5.41) is 5.20. The maximum Gasteiger partial charge on any atom is 0.289 e. The van der Waals surface area contributed by atoms with Gasteiger partial charge in [-0.05, 0) is 42.0 Å². The van der Waals surface area contributed by atoms with Crippen molar-refractivity contribution < 1.29 is 21.6 Å². The van der Waals surface area contributed by atoms with E-state index in [0.29, 0.717) is 10.9 Å². The number of carbonyl (C=O) groups excluding carboxylic acids is 1. The quantitative estimate of drug-likeness (QED) is 0.262. The molecular formula is C25H26N4O5S2. The fourth-order valence-corrected chi connectivity index (χ4v) is 8.15. The number of pyridine rings is 2. The first kappa shape index (κ1) is 25.5. The summed E-state index contributed by atoms with van der Waals surface area (Å²) in [4.78, 5) is 16.5. The van der Waals surface area contributed by atoms with E-state index in [2.05, 4.69) is 15.5 Å². The van der Waals surface area contributed by atoms with Crippen molar-refractivity contribution >= 4 is 48.1 Å². The molecule has 0 bridgehead atoms. The highest BCUT2D eigenvalue weighted by molar-refractivity contribution is 7.94. The summed E-state index contributed by atoms with van der Waals surface area (Å²) in [7, 11) is -8.21. The van der Waals surface area contributed by atoms with Crippen LogP contribution in [0.25, 0.3) is 16.3 Å². The zero-order valence-corrected chi connectivity index (χ0v) is 21.5. The topological polar surface area (TPSA) is 127 Å². The van der Waals surface area contributed by atoms with Crippen LogP contribution in [0.2, 0.25) is 0 Å². The predicted molar refractivity (Wildman–Crippen MR) is 139 cm³/mol. The maximum atomic E-state index is 13.6. The number of nitrogens with one attached hydrogen (secondary N) is 1. The van der Waals surface area contributed by atoms with Crippen LogP contribution in [0.1, 0.15) is 42.7 Å². The van der Waals surface area contributed by atoms with E-state index in [-0.39, 0.29) is 40.5 Å². The summed E-state index contributed by atoms with van der Waals surface area (Å²) >= 11 is 0. The third kappa shape index (κ3) is 4.76. The average Bonchev–Trinajstić information content (AvgIpc) is 3.22. The predicted octanol–water partition coefficient (Wildman–Crippen LogP) is 3.62. The molecule has 0 fully saturated rings. The molecule has 0 unspecified atom stereocenters. The Morgan fingerprint density at radius 3 is 2.25 bits per heavy atom. The first-order chi connectivity index (χ1) is 17.2. The molecule has 3 aromatic heterocycles. The number of aromatic nitrogens is 2. The Labute approximate surface area is 209 Å². The number of nitrogens with zero attached hydrogens (tertiary/aromatic N) is 3. The summed E-state index contributed by atoms with van der Waals surface area (Å²) in [5.41, 5.74) is 2.92. The molecule has 188 valence electrons. The molecule has 1 amide bonds. The number of fused-ring (bicyclic) bond motifs is 3. The molecule has 0 radical (unpaired) electrons. The first-order valence-corrected chi connectivity index (χ1v) is 14.8. The summed E-state index contributed by atoms with van der Waals surface area (Å²) in [6.07, 6.45) is 6.58. The van der Waals surface area contributed by atoms with Crippen LogP contribution in [0.4, 0.5) is 0 Å². The van der Waals surface area contributed by atoms with Crippen LogP contribution in [0.3, 0.4) is 0 Å². The van der Waals surface area contributed by atoms with Gasteiger partial charge in [0.1, 0.15) is 15.5 Å². The molecule has 0 saturated heterocycles. The van der Waals surface area contributed by atoms with Crippen LogP contribution in [0.15, 0.2) is 75.9 Å². The summed E-state index contributed by atoms with van der Waals surface area (Å²) in [6.45, 7) is 3.39. The smallest absolute Gasteiger partial charge is 0.289 e. The molecule has 9 nitrogen and oxygen atoms in total. The number of rotatable bonds is 9. The SMILES string of the molecule is CCCS(=O)(=O)c1c(S(=O)(=O)CCC)c2c3ccccc3ccn2c1C(=O)N/N=C/c1ccncc1. The zero-order chi connectivity index (χ0) is 25.9. The molecule has 0 spiro atoms. The number of sulfone groups is 2. The fraction of sp³-hybridized carbons (Fsp3) is 0.240. The van der Waals surface area contributed by atoms with Crippen molar-refractivity contribution in [3.8, 4) is 0 Å². The van der Waals surface area contributed by atoms with Gasteiger partial charge < -0.3 is 4.40 Å². The molecule has 0 atom stereocenters. The number of hydrogen-bond donors (Lipinski definition) is 1. The Morgan fingerprint density at radius 2 is 1.58 bits per heavy atom. The highest BCUT2D eigenvalue weighted by Gasteiger charge is 2.37. The van der Waals surface area contributed by atoms with E-state index in [1.807, 2.05) is 0 Å². The Bertz CT molecular complexity index is 1680. The number of hydrogen-bond acceptors (Lipinski definition) is 7. The summed E-state index contributed by atoms with van der Waals surface area (Å²) in [5.74, 6) is -1.40. The van der Waals surface area contributed by atoms with Crippen molar-refractivity contribution in [3.05, 3.63) is 72.3 Å². The van der Waals surface area contributed by atoms with E-state index in [0.717, 1.165) is 5.39 Å². The van der Waals surface area contributed by atoms with Gasteiger partial charge in [0.15, 0.2) is 19.7 Å². The molecule has 11 heteroatoms. The standard InChI is InChI=1S/C25H26N4O5S2/c1-3-15-35(31,32)23-21-20-8-6-5-7-19(20)11-14-29(21)22(24(23)36(33,34)16-4-2)25(30)28-27-17-18-9-12-26-13-10-18/h5-14,17H,3-4,15-16H2,1-2H3,(H,28,30)/b27-17+. The van der Waals surface area contributed by atoms with Crippen LogP contribution in [0.5, 0.6) is 0 Å². The third-order valence-electron chi connectivity index (χ3n) is 5.61. The average molecular weight is 527 g/mol. The van der Waals surface area contributed by atoms with E-state index >= 15 is 0 Å². The lowest BCUT2D eigenvalue weighted by molar-refractivity contribution is 0.0945. The molecule has 0 aliphatic rings. The van der Waals surface area contributed by atoms with E-state index in [1.54, 1.807) is 68.7 Å². The normalized spacial score (nSPS) is 12.5. The minimum absolute atomic E-state index is 0.166. The lowest BCUT2D eigenvalue weighted by Crippen LogP contribution is -2.23. The largest absolute Gasteiger partial charge is 0.309 e. The number of hydrazone groups is 1. The Balaban J connectivity index is 2.05. The van der Waals surface area contributed by atoms with Crippen molar-refractivity contribution in [2.24, 2.45) is 5.10 Å². The summed E-state index contributed by atoms with van der Waals surface area (Å²) < 4.78 is 55.5. The van der Waals surface area contributed by atoms with Crippen LogP contribution in [0, 0.1) is 0 Å². The number of benzene rings is 1. The monoisotopic (exact) mass is 526 g/mol. The fourth-order valence-electron chi connectivity index (χ4n) is 4.16. The van der Waals surface area contributed by atoms with Crippen LogP contribution in [-0.2, 0) is 19.7 Å². The highest BCUT2D eigenvalue weighted by Crippen LogP contribution is 2.37. The second kappa shape index (κ2) is 10.2. The van der Waals surface area contributed by atoms with Crippen LogP contribution < -0.4 is 5.43 Å². The lowest BCUT2D eigenvalue weighted by Gasteiger charge is -2.09. The van der Waals surface area contributed by atoms with Crippen molar-refractivity contribution in [2.45, 2.75) is 36.5 Å². The van der Waals surface area contributed by atoms with E-state index < -0.39 is 30.5 Å². The van der Waals surface area contributed by atoms with Gasteiger partial charge in [-0.2, -0.15) is 5.10 Å². The molecule has 4 aromatic rings. The van der Waals surface area contributed by atoms with Gasteiger partial charge >= 0.3 is 0 Å². The molecule has 1 N–H and O–H groups in total. The zero-order valence-electron chi connectivity index (χ0n) is 19.9. The third-order valence-corrected chi connectivity index (χ3v) is 9.67. The van der Waals surface area contributed by atoms with Crippen molar-refractivity contribution in [2.75, 3.05) is 11.5 Å². The highest BCUT2D eigenvalue weighted by atomic mass is 32.2. The number of carbonyl (C=O) groups is 1. The van der Waals surface area contributed by atoms with E-state index in [1.165, 1.54) is 16.8 Å². The van der Waals surface area contributed by atoms with Gasteiger partial charge in [0.05, 0.1) is 23.2 Å². The van der Waals surface area contributed by atoms with E-state index in [4.69, 9.17) is 0 Å². The maximum absolute atomic E-state index is 13.6.